The number of benzene rings is 1. The fraction of sp³-hybridized carbons (Fsp3) is 0.500. The fourth-order valence-corrected chi connectivity index (χ4v) is 2.82. The molecule has 5 nitrogen and oxygen atoms in total. The second kappa shape index (κ2) is 5.83. The maximum Gasteiger partial charge on any atom is 0.293 e. The summed E-state index contributed by atoms with van der Waals surface area (Å²) < 4.78 is 0.860. The van der Waals surface area contributed by atoms with Gasteiger partial charge in [0.15, 0.2) is 0 Å². The molecule has 1 aromatic rings. The molecular formula is C12H15IN2O3. The minimum Gasteiger partial charge on any atom is -0.396 e. The van der Waals surface area contributed by atoms with Gasteiger partial charge >= 0.3 is 0 Å². The number of nitro benzene ring substituents is 1. The van der Waals surface area contributed by atoms with Crippen LogP contribution in [-0.2, 0) is 0 Å². The summed E-state index contributed by atoms with van der Waals surface area (Å²) in [6.07, 6.45) is 1.96. The van der Waals surface area contributed by atoms with Crippen LogP contribution in [0.25, 0.3) is 0 Å². The number of hydrogen-bond donors (Lipinski definition) is 1. The molecule has 0 radical (unpaired) electrons. The lowest BCUT2D eigenvalue weighted by Gasteiger charge is -2.33. The van der Waals surface area contributed by atoms with Gasteiger partial charge in [0.25, 0.3) is 5.69 Å². The summed E-state index contributed by atoms with van der Waals surface area (Å²) in [6.45, 7) is 1.66. The lowest BCUT2D eigenvalue weighted by Crippen LogP contribution is -2.37. The third-order valence-electron chi connectivity index (χ3n) is 3.25. The molecule has 98 valence electrons. The topological polar surface area (TPSA) is 66.6 Å². The first-order chi connectivity index (χ1) is 8.61. The average molecular weight is 362 g/mol. The van der Waals surface area contributed by atoms with E-state index in [1.165, 1.54) is 0 Å². The van der Waals surface area contributed by atoms with E-state index in [0.717, 1.165) is 23.0 Å². The molecule has 18 heavy (non-hydrogen) atoms. The molecule has 0 aromatic heterocycles. The van der Waals surface area contributed by atoms with Gasteiger partial charge in [-0.25, -0.2) is 0 Å². The quantitative estimate of drug-likeness (QED) is 0.510. The molecule has 1 unspecified atom stereocenters. The van der Waals surface area contributed by atoms with Crippen LogP contribution in [0, 0.1) is 19.6 Å². The summed E-state index contributed by atoms with van der Waals surface area (Å²) in [4.78, 5) is 12.8. The Bertz CT molecular complexity index is 453. The second-order valence-corrected chi connectivity index (χ2v) is 5.77. The van der Waals surface area contributed by atoms with Crippen LogP contribution in [0.1, 0.15) is 12.8 Å². The van der Waals surface area contributed by atoms with E-state index in [4.69, 9.17) is 0 Å². The summed E-state index contributed by atoms with van der Waals surface area (Å²) in [7, 11) is 0. The van der Waals surface area contributed by atoms with Crippen molar-refractivity contribution in [2.24, 2.45) is 5.92 Å². The summed E-state index contributed by atoms with van der Waals surface area (Å²) in [6, 6.07) is 5.28. The molecule has 0 spiro atoms. The van der Waals surface area contributed by atoms with Crippen LogP contribution in [0.4, 0.5) is 11.4 Å². The van der Waals surface area contributed by atoms with Crippen LogP contribution in [-0.4, -0.2) is 29.7 Å². The summed E-state index contributed by atoms with van der Waals surface area (Å²) in [5.41, 5.74) is 0.819. The van der Waals surface area contributed by atoms with Gasteiger partial charge in [0.2, 0.25) is 0 Å². The van der Waals surface area contributed by atoms with Crippen molar-refractivity contribution >= 4 is 34.0 Å². The molecule has 1 atom stereocenters. The number of aliphatic hydroxyl groups is 1. The molecule has 2 rings (SSSR count). The second-order valence-electron chi connectivity index (χ2n) is 4.53. The number of rotatable bonds is 3. The van der Waals surface area contributed by atoms with E-state index < -0.39 is 0 Å². The molecule has 1 aromatic carbocycles. The first-order valence-electron chi connectivity index (χ1n) is 5.91. The van der Waals surface area contributed by atoms with Gasteiger partial charge < -0.3 is 10.0 Å². The zero-order valence-corrected chi connectivity index (χ0v) is 12.0. The van der Waals surface area contributed by atoms with Gasteiger partial charge in [0.05, 0.1) is 4.92 Å². The van der Waals surface area contributed by atoms with E-state index in [2.05, 4.69) is 22.6 Å². The van der Waals surface area contributed by atoms with Crippen molar-refractivity contribution in [2.75, 3.05) is 24.6 Å². The van der Waals surface area contributed by atoms with E-state index in [0.29, 0.717) is 12.2 Å². The van der Waals surface area contributed by atoms with Gasteiger partial charge in [-0.05, 0) is 53.5 Å². The number of nitro groups is 1. The van der Waals surface area contributed by atoms with Crippen molar-refractivity contribution in [3.05, 3.63) is 31.9 Å². The molecule has 1 aliphatic heterocycles. The van der Waals surface area contributed by atoms with Crippen molar-refractivity contribution in [3.8, 4) is 0 Å². The van der Waals surface area contributed by atoms with E-state index in [1.807, 2.05) is 11.0 Å². The Morgan fingerprint density at radius 1 is 1.56 bits per heavy atom. The third kappa shape index (κ3) is 2.92. The van der Waals surface area contributed by atoms with Crippen LogP contribution in [0.2, 0.25) is 0 Å². The SMILES string of the molecule is O=[N+]([O-])c1cc(I)ccc1N1CCCC(CO)C1. The molecule has 6 heteroatoms. The normalized spacial score (nSPS) is 19.9. The van der Waals surface area contributed by atoms with E-state index in [1.54, 1.807) is 12.1 Å². The molecule has 0 saturated carbocycles. The zero-order chi connectivity index (χ0) is 13.1. The third-order valence-corrected chi connectivity index (χ3v) is 3.92. The number of nitrogens with zero attached hydrogens (tertiary/aromatic N) is 2. The fourth-order valence-electron chi connectivity index (χ4n) is 2.34. The van der Waals surface area contributed by atoms with Crippen molar-refractivity contribution in [3.63, 3.8) is 0 Å². The summed E-state index contributed by atoms with van der Waals surface area (Å²) in [5, 5.41) is 20.3. The van der Waals surface area contributed by atoms with E-state index in [9.17, 15) is 15.2 Å². The number of hydrogen-bond acceptors (Lipinski definition) is 4. The van der Waals surface area contributed by atoms with Crippen LogP contribution < -0.4 is 4.90 Å². The molecular weight excluding hydrogens is 347 g/mol. The average Bonchev–Trinajstić information content (AvgIpc) is 2.38. The molecule has 0 amide bonds. The smallest absolute Gasteiger partial charge is 0.293 e. The maximum atomic E-state index is 11.1. The van der Waals surface area contributed by atoms with E-state index in [-0.39, 0.29) is 23.1 Å². The molecule has 1 aliphatic rings. The highest BCUT2D eigenvalue weighted by Gasteiger charge is 2.25. The summed E-state index contributed by atoms with van der Waals surface area (Å²) in [5.74, 6) is 0.220. The van der Waals surface area contributed by atoms with Gasteiger partial charge in [-0.15, -0.1) is 0 Å². The number of piperidine rings is 1. The van der Waals surface area contributed by atoms with Crippen molar-refractivity contribution in [2.45, 2.75) is 12.8 Å². The van der Waals surface area contributed by atoms with Crippen LogP contribution in [0.15, 0.2) is 18.2 Å². The highest BCUT2D eigenvalue weighted by molar-refractivity contribution is 14.1. The lowest BCUT2D eigenvalue weighted by molar-refractivity contribution is -0.384. The Labute approximate surface area is 119 Å². The maximum absolute atomic E-state index is 11.1. The molecule has 1 fully saturated rings. The van der Waals surface area contributed by atoms with Gasteiger partial charge in [0, 0.05) is 29.3 Å². The van der Waals surface area contributed by atoms with E-state index >= 15 is 0 Å². The standard InChI is InChI=1S/C12H15IN2O3/c13-10-3-4-11(12(6-10)15(17)18)14-5-1-2-9(7-14)8-16/h3-4,6,9,16H,1-2,5,7-8H2. The largest absolute Gasteiger partial charge is 0.396 e. The Hall–Kier alpha value is -0.890. The predicted octanol–water partition coefficient (Wildman–Crippen LogP) is 2.41. The van der Waals surface area contributed by atoms with Gasteiger partial charge in [-0.1, -0.05) is 0 Å². The zero-order valence-electron chi connectivity index (χ0n) is 9.88. The van der Waals surface area contributed by atoms with Crippen LogP contribution >= 0.6 is 22.6 Å². The first kappa shape index (κ1) is 13.5. The van der Waals surface area contributed by atoms with Crippen molar-refractivity contribution in [1.29, 1.82) is 0 Å². The highest BCUT2D eigenvalue weighted by Crippen LogP contribution is 2.32. The molecule has 1 heterocycles. The van der Waals surface area contributed by atoms with Crippen LogP contribution in [0.3, 0.4) is 0 Å². The monoisotopic (exact) mass is 362 g/mol. The number of halogens is 1. The van der Waals surface area contributed by atoms with Gasteiger partial charge in [0.1, 0.15) is 5.69 Å². The Morgan fingerprint density at radius 2 is 2.33 bits per heavy atom. The minimum atomic E-state index is -0.333. The van der Waals surface area contributed by atoms with Crippen LogP contribution in [0.5, 0.6) is 0 Å². The molecule has 1 saturated heterocycles. The molecule has 1 N–H and O–H groups in total. The first-order valence-corrected chi connectivity index (χ1v) is 6.99. The highest BCUT2D eigenvalue weighted by atomic mass is 127. The Kier molecular flexibility index (Phi) is 4.39. The van der Waals surface area contributed by atoms with Gasteiger partial charge in [-0.2, -0.15) is 0 Å². The number of aliphatic hydroxyl groups excluding tert-OH is 1. The van der Waals surface area contributed by atoms with Gasteiger partial charge in [-0.3, -0.25) is 10.1 Å². The lowest BCUT2D eigenvalue weighted by atomic mass is 9.98. The summed E-state index contributed by atoms with van der Waals surface area (Å²) >= 11 is 2.07. The molecule has 0 aliphatic carbocycles. The van der Waals surface area contributed by atoms with Crippen molar-refractivity contribution < 1.29 is 10.0 Å². The predicted molar refractivity (Wildman–Crippen MR) is 77.8 cm³/mol. The Balaban J connectivity index is 2.29. The Morgan fingerprint density at radius 3 is 3.00 bits per heavy atom. The number of anilines is 1. The van der Waals surface area contributed by atoms with Crippen molar-refractivity contribution in [1.82, 2.24) is 0 Å². The minimum absolute atomic E-state index is 0.147. The molecule has 0 bridgehead atoms.